The average Bonchev–Trinajstić information content (AvgIpc) is 2.33. The van der Waals surface area contributed by atoms with Crippen LogP contribution < -0.4 is 4.68 Å². The third-order valence-electron chi connectivity index (χ3n) is 1.11. The van der Waals surface area contributed by atoms with Gasteiger partial charge in [0, 0.05) is 11.9 Å². The third kappa shape index (κ3) is 0.556. The largest absolute Gasteiger partial charge is 0.358 e. The molecule has 1 aliphatic rings. The summed E-state index contributed by atoms with van der Waals surface area (Å²) in [5.74, 6) is 3.52. The van der Waals surface area contributed by atoms with Gasteiger partial charge in [-0.25, -0.2) is 0 Å². The highest BCUT2D eigenvalue weighted by Crippen LogP contribution is 1.88. The molecule has 3 heteroatoms. The summed E-state index contributed by atoms with van der Waals surface area (Å²) >= 11 is 0. The predicted octanol–water partition coefficient (Wildman–Crippen LogP) is -0.171. The van der Waals surface area contributed by atoms with Gasteiger partial charge in [0.2, 0.25) is 0 Å². The van der Waals surface area contributed by atoms with Gasteiger partial charge in [-0.05, 0) is 10.1 Å². The van der Waals surface area contributed by atoms with E-state index in [-0.39, 0.29) is 0 Å². The first-order valence-corrected chi connectivity index (χ1v) is 2.63. The van der Waals surface area contributed by atoms with E-state index in [1.807, 2.05) is 12.3 Å². The lowest BCUT2D eigenvalue weighted by Crippen LogP contribution is -2.28. The van der Waals surface area contributed by atoms with E-state index in [0.717, 1.165) is 5.82 Å². The van der Waals surface area contributed by atoms with Crippen molar-refractivity contribution in [2.24, 2.45) is 5.10 Å². The molecule has 0 saturated heterocycles. The van der Waals surface area contributed by atoms with Crippen molar-refractivity contribution < 1.29 is 4.68 Å². The second kappa shape index (κ2) is 1.50. The number of fused-ring (bicyclic) bond motifs is 1. The number of aromatic nitrogens is 2. The summed E-state index contributed by atoms with van der Waals surface area (Å²) in [4.78, 5) is 4.01. The molecular weight excluding hydrogens is 114 g/mol. The topological polar surface area (TPSA) is 29.1 Å². The highest BCUT2D eigenvalue weighted by atomic mass is 15.4. The van der Waals surface area contributed by atoms with Crippen molar-refractivity contribution in [1.82, 2.24) is 4.98 Å². The van der Waals surface area contributed by atoms with Crippen LogP contribution >= 0.6 is 0 Å². The van der Waals surface area contributed by atoms with Gasteiger partial charge in [-0.3, -0.25) is 0 Å². The molecule has 2 heterocycles. The second-order valence-corrected chi connectivity index (χ2v) is 1.70. The van der Waals surface area contributed by atoms with Gasteiger partial charge in [0.15, 0.2) is 0 Å². The minimum atomic E-state index is 0.831. The fraction of sp³-hybridized carbons (Fsp3) is 0. The molecular formula is C6H4N3+. The molecule has 0 bridgehead atoms. The Bertz CT molecular complexity index is 270. The molecule has 0 aromatic carbocycles. The summed E-state index contributed by atoms with van der Waals surface area (Å²) in [6.07, 6.45) is 5.30. The van der Waals surface area contributed by atoms with Crippen molar-refractivity contribution in [3.63, 3.8) is 0 Å². The van der Waals surface area contributed by atoms with Crippen LogP contribution in [-0.4, -0.2) is 10.9 Å². The minimum Gasteiger partial charge on any atom is -0.0926 e. The first-order chi connectivity index (χ1) is 4.47. The van der Waals surface area contributed by atoms with Crippen molar-refractivity contribution >= 4 is 11.9 Å². The maximum Gasteiger partial charge on any atom is 0.358 e. The Kier molecular flexibility index (Phi) is 0.737. The molecule has 2 rings (SSSR count). The van der Waals surface area contributed by atoms with Crippen molar-refractivity contribution in [3.05, 3.63) is 24.3 Å². The van der Waals surface area contributed by atoms with Gasteiger partial charge in [0.05, 0.1) is 6.08 Å². The summed E-state index contributed by atoms with van der Waals surface area (Å²) in [6.45, 7) is 0. The van der Waals surface area contributed by atoms with Crippen molar-refractivity contribution in [2.75, 3.05) is 0 Å². The number of rotatable bonds is 0. The Labute approximate surface area is 52.0 Å². The van der Waals surface area contributed by atoms with E-state index in [1.54, 1.807) is 16.9 Å². The van der Waals surface area contributed by atoms with E-state index in [1.165, 1.54) is 0 Å². The fourth-order valence-electron chi connectivity index (χ4n) is 0.712. The van der Waals surface area contributed by atoms with Crippen LogP contribution in [-0.2, 0) is 0 Å². The van der Waals surface area contributed by atoms with Gasteiger partial charge in [-0.2, -0.15) is 0 Å². The van der Waals surface area contributed by atoms with E-state index < -0.39 is 0 Å². The summed E-state index contributed by atoms with van der Waals surface area (Å²) in [5.41, 5.74) is 0. The van der Waals surface area contributed by atoms with Gasteiger partial charge < -0.3 is 0 Å². The lowest BCUT2D eigenvalue weighted by atomic mass is 10.5. The molecule has 0 radical (unpaired) electrons. The zero-order chi connectivity index (χ0) is 6.10. The van der Waals surface area contributed by atoms with Gasteiger partial charge in [-0.15, -0.1) is 0 Å². The maximum absolute atomic E-state index is 4.01. The van der Waals surface area contributed by atoms with Gasteiger partial charge >= 0.3 is 5.82 Å². The zero-order valence-corrected chi connectivity index (χ0v) is 4.65. The number of hydrogen-bond donors (Lipinski definition) is 0. The Morgan fingerprint density at radius 1 is 1.56 bits per heavy atom. The average molecular weight is 118 g/mol. The van der Waals surface area contributed by atoms with Crippen molar-refractivity contribution in [1.29, 1.82) is 0 Å². The molecule has 1 aliphatic heterocycles. The molecule has 0 unspecified atom stereocenters. The molecule has 1 aromatic heterocycles. The Morgan fingerprint density at radius 3 is 3.44 bits per heavy atom. The summed E-state index contributed by atoms with van der Waals surface area (Å²) in [7, 11) is 0. The quantitative estimate of drug-likeness (QED) is 0.441. The molecule has 0 spiro atoms. The van der Waals surface area contributed by atoms with E-state index in [4.69, 9.17) is 0 Å². The van der Waals surface area contributed by atoms with E-state index in [9.17, 15) is 0 Å². The fourth-order valence-corrected chi connectivity index (χ4v) is 0.712. The molecule has 0 atom stereocenters. The van der Waals surface area contributed by atoms with Gasteiger partial charge in [-0.1, -0.05) is 4.68 Å². The highest BCUT2D eigenvalue weighted by Gasteiger charge is 2.08. The normalized spacial score (nSPS) is 12.0. The molecule has 0 N–H and O–H groups in total. The molecule has 9 heavy (non-hydrogen) atoms. The lowest BCUT2D eigenvalue weighted by molar-refractivity contribution is -0.680. The highest BCUT2D eigenvalue weighted by molar-refractivity contribution is 5.75. The van der Waals surface area contributed by atoms with E-state index >= 15 is 0 Å². The van der Waals surface area contributed by atoms with Crippen molar-refractivity contribution in [3.8, 4) is 0 Å². The van der Waals surface area contributed by atoms with Crippen LogP contribution in [0, 0.1) is 0 Å². The molecule has 1 aromatic rings. The molecule has 0 amide bonds. The van der Waals surface area contributed by atoms with Crippen LogP contribution in [0.3, 0.4) is 0 Å². The van der Waals surface area contributed by atoms with E-state index in [0.29, 0.717) is 0 Å². The van der Waals surface area contributed by atoms with Crippen LogP contribution in [0.15, 0.2) is 23.6 Å². The smallest absolute Gasteiger partial charge is 0.0926 e. The minimum absolute atomic E-state index is 0.831. The molecule has 0 fully saturated rings. The first-order valence-electron chi connectivity index (χ1n) is 2.63. The van der Waals surface area contributed by atoms with Gasteiger partial charge in [0.1, 0.15) is 12.4 Å². The molecule has 0 saturated carbocycles. The first kappa shape index (κ1) is 4.41. The monoisotopic (exact) mass is 118 g/mol. The summed E-state index contributed by atoms with van der Waals surface area (Å²) in [6, 6.07) is 1.83. The third-order valence-corrected chi connectivity index (χ3v) is 1.11. The Hall–Kier alpha value is -1.47. The predicted molar refractivity (Wildman–Crippen MR) is 31.7 cm³/mol. The number of nitrogens with zero attached hydrogens (tertiary/aromatic N) is 3. The standard InChI is InChI=1S/C6H4N3/c1-3-7-6-2-4-8-9(6)5-1/h1-3,5H/q+1. The van der Waals surface area contributed by atoms with Crippen LogP contribution in [0.1, 0.15) is 5.82 Å². The Balaban J connectivity index is 2.72. The SMILES string of the molecule is C1=Cc2nccc[n+]2N=1. The van der Waals surface area contributed by atoms with Crippen molar-refractivity contribution in [2.45, 2.75) is 0 Å². The maximum atomic E-state index is 4.01. The van der Waals surface area contributed by atoms with Crippen LogP contribution in [0.2, 0.25) is 0 Å². The summed E-state index contributed by atoms with van der Waals surface area (Å²) in [5, 5.41) is 3.85. The molecule has 42 valence electrons. The molecule has 0 aliphatic carbocycles. The Morgan fingerprint density at radius 2 is 2.56 bits per heavy atom. The van der Waals surface area contributed by atoms with Crippen LogP contribution in [0.5, 0.6) is 0 Å². The van der Waals surface area contributed by atoms with Crippen LogP contribution in [0.25, 0.3) is 6.08 Å². The van der Waals surface area contributed by atoms with Crippen LogP contribution in [0.4, 0.5) is 0 Å². The number of hydrogen-bond acceptors (Lipinski definition) is 2. The lowest BCUT2D eigenvalue weighted by Gasteiger charge is -1.81. The van der Waals surface area contributed by atoms with E-state index in [2.05, 4.69) is 16.0 Å². The summed E-state index contributed by atoms with van der Waals surface area (Å²) < 4.78 is 1.67. The molecule has 3 nitrogen and oxygen atoms in total. The van der Waals surface area contributed by atoms with Gasteiger partial charge in [0.25, 0.3) is 0 Å². The second-order valence-electron chi connectivity index (χ2n) is 1.70. The zero-order valence-electron chi connectivity index (χ0n) is 4.65.